The Morgan fingerprint density at radius 2 is 1.50 bits per heavy atom. The summed E-state index contributed by atoms with van der Waals surface area (Å²) in [5, 5.41) is 2.82. The summed E-state index contributed by atoms with van der Waals surface area (Å²) in [6.45, 7) is 0. The lowest BCUT2D eigenvalue weighted by Crippen LogP contribution is -2.20. The summed E-state index contributed by atoms with van der Waals surface area (Å²) < 4.78 is 67.8. The molecule has 0 saturated carbocycles. The highest BCUT2D eigenvalue weighted by molar-refractivity contribution is 7.92. The van der Waals surface area contributed by atoms with Gasteiger partial charge in [0.1, 0.15) is 5.82 Å². The molecule has 0 aliphatic carbocycles. The van der Waals surface area contributed by atoms with E-state index in [1.165, 1.54) is 55.6 Å². The Labute approximate surface area is 189 Å². The molecule has 0 saturated heterocycles. The first-order valence-corrected chi connectivity index (χ1v) is 12.3. The Hall–Kier alpha value is -2.99. The number of carbonyl (C=O) groups is 1. The second-order valence-corrected chi connectivity index (χ2v) is 10.4. The highest BCUT2D eigenvalue weighted by Crippen LogP contribution is 2.22. The zero-order valence-corrected chi connectivity index (χ0v) is 18.9. The first-order chi connectivity index (χ1) is 15.0. The first kappa shape index (κ1) is 23.7. The van der Waals surface area contributed by atoms with Gasteiger partial charge in [-0.2, -0.15) is 0 Å². The van der Waals surface area contributed by atoms with E-state index in [4.69, 9.17) is 11.6 Å². The van der Waals surface area contributed by atoms with Crippen molar-refractivity contribution >= 4 is 48.9 Å². The van der Waals surface area contributed by atoms with Crippen molar-refractivity contribution in [2.75, 3.05) is 17.1 Å². The third kappa shape index (κ3) is 5.43. The van der Waals surface area contributed by atoms with Crippen LogP contribution in [0.4, 0.5) is 15.8 Å². The van der Waals surface area contributed by atoms with Crippen molar-refractivity contribution < 1.29 is 26.0 Å². The van der Waals surface area contributed by atoms with Crippen LogP contribution in [-0.2, 0) is 20.0 Å². The third-order valence-electron chi connectivity index (χ3n) is 4.26. The van der Waals surface area contributed by atoms with E-state index in [0.29, 0.717) is 5.02 Å². The minimum atomic E-state index is -3.99. The molecule has 3 aromatic carbocycles. The number of rotatable bonds is 7. The van der Waals surface area contributed by atoms with Crippen molar-refractivity contribution in [2.24, 2.45) is 0 Å². The molecule has 1 amide bonds. The summed E-state index contributed by atoms with van der Waals surface area (Å²) in [5.74, 6) is -1.89. The lowest BCUT2D eigenvalue weighted by Gasteiger charge is -2.11. The summed E-state index contributed by atoms with van der Waals surface area (Å²) in [6, 6.07) is 14.1. The van der Waals surface area contributed by atoms with E-state index in [1.54, 1.807) is 0 Å². The van der Waals surface area contributed by atoms with Crippen LogP contribution < -0.4 is 14.8 Å². The van der Waals surface area contributed by atoms with Crippen LogP contribution in [0.5, 0.6) is 0 Å². The van der Waals surface area contributed by atoms with Crippen LogP contribution >= 0.6 is 11.6 Å². The number of hydrogen-bond acceptors (Lipinski definition) is 5. The van der Waals surface area contributed by atoms with E-state index in [9.17, 15) is 26.0 Å². The van der Waals surface area contributed by atoms with E-state index in [1.807, 2.05) is 0 Å². The number of benzene rings is 3. The molecule has 0 aromatic heterocycles. The number of amides is 1. The molecule has 12 heteroatoms. The maximum atomic E-state index is 14.2. The van der Waals surface area contributed by atoms with Crippen molar-refractivity contribution in [3.05, 3.63) is 83.1 Å². The van der Waals surface area contributed by atoms with Gasteiger partial charge in [0.15, 0.2) is 0 Å². The van der Waals surface area contributed by atoms with E-state index in [-0.39, 0.29) is 21.2 Å². The van der Waals surface area contributed by atoms with Crippen LogP contribution in [0.3, 0.4) is 0 Å². The van der Waals surface area contributed by atoms with Crippen molar-refractivity contribution in [3.8, 4) is 0 Å². The summed E-state index contributed by atoms with van der Waals surface area (Å²) >= 11 is 5.79. The molecule has 32 heavy (non-hydrogen) atoms. The van der Waals surface area contributed by atoms with Gasteiger partial charge in [0.05, 0.1) is 15.4 Å². The summed E-state index contributed by atoms with van der Waals surface area (Å²) in [5.41, 5.74) is -0.169. The van der Waals surface area contributed by atoms with Crippen LogP contribution in [0.25, 0.3) is 0 Å². The number of halogens is 2. The molecule has 0 radical (unpaired) electrons. The predicted molar refractivity (Wildman–Crippen MR) is 119 cm³/mol. The fourth-order valence-corrected chi connectivity index (χ4v) is 4.62. The van der Waals surface area contributed by atoms with Gasteiger partial charge in [0.25, 0.3) is 15.9 Å². The maximum Gasteiger partial charge on any atom is 0.261 e. The standard InChI is InChI=1S/C20H17ClFN3O5S2/c1-23-31(27,28)17-9-10-19(22)18(12-17)20(26)24-15-3-2-4-16(11-15)32(29,30)25-14-7-5-13(21)6-8-14/h2-12,23,25H,1H3,(H,24,26). The minimum Gasteiger partial charge on any atom is -0.322 e. The minimum absolute atomic E-state index is 0.0651. The molecule has 3 aromatic rings. The van der Waals surface area contributed by atoms with Gasteiger partial charge in [-0.15, -0.1) is 0 Å². The highest BCUT2D eigenvalue weighted by Gasteiger charge is 2.20. The fourth-order valence-electron chi connectivity index (χ4n) is 2.63. The van der Waals surface area contributed by atoms with Crippen LogP contribution in [-0.4, -0.2) is 29.8 Å². The lowest BCUT2D eigenvalue weighted by atomic mass is 10.2. The lowest BCUT2D eigenvalue weighted by molar-refractivity contribution is 0.102. The molecule has 3 N–H and O–H groups in total. The quantitative estimate of drug-likeness (QED) is 0.461. The number of nitrogens with one attached hydrogen (secondary N) is 3. The molecule has 8 nitrogen and oxygen atoms in total. The first-order valence-electron chi connectivity index (χ1n) is 8.95. The molecular weight excluding hydrogens is 481 g/mol. The number of carbonyl (C=O) groups excluding carboxylic acids is 1. The van der Waals surface area contributed by atoms with E-state index < -0.39 is 37.3 Å². The summed E-state index contributed by atoms with van der Waals surface area (Å²) in [4.78, 5) is 12.1. The largest absolute Gasteiger partial charge is 0.322 e. The highest BCUT2D eigenvalue weighted by atomic mass is 35.5. The van der Waals surface area contributed by atoms with Crippen LogP contribution in [0, 0.1) is 5.82 Å². The summed E-state index contributed by atoms with van der Waals surface area (Å²) in [6.07, 6.45) is 0. The van der Waals surface area contributed by atoms with Gasteiger partial charge >= 0.3 is 0 Å². The second kappa shape index (κ2) is 9.25. The van der Waals surface area contributed by atoms with Gasteiger partial charge in [-0.1, -0.05) is 17.7 Å². The van der Waals surface area contributed by atoms with Crippen molar-refractivity contribution in [3.63, 3.8) is 0 Å². The fraction of sp³-hybridized carbons (Fsp3) is 0.0500. The molecule has 0 fully saturated rings. The van der Waals surface area contributed by atoms with Gasteiger partial charge in [0.2, 0.25) is 10.0 Å². The second-order valence-electron chi connectivity index (χ2n) is 6.44. The van der Waals surface area contributed by atoms with Crippen LogP contribution in [0.2, 0.25) is 5.02 Å². The molecule has 0 aliphatic rings. The zero-order chi connectivity index (χ0) is 23.5. The molecule has 0 aliphatic heterocycles. The Morgan fingerprint density at radius 3 is 2.16 bits per heavy atom. The Bertz CT molecular complexity index is 1380. The zero-order valence-electron chi connectivity index (χ0n) is 16.5. The SMILES string of the molecule is CNS(=O)(=O)c1ccc(F)c(C(=O)Nc2cccc(S(=O)(=O)Nc3ccc(Cl)cc3)c2)c1. The molecule has 0 heterocycles. The van der Waals surface area contributed by atoms with Gasteiger partial charge in [-0.25, -0.2) is 25.9 Å². The topological polar surface area (TPSA) is 121 Å². The number of hydrogen-bond donors (Lipinski definition) is 3. The molecule has 0 atom stereocenters. The van der Waals surface area contributed by atoms with E-state index in [2.05, 4.69) is 14.8 Å². The average Bonchev–Trinajstić information content (AvgIpc) is 2.75. The Morgan fingerprint density at radius 1 is 0.844 bits per heavy atom. The monoisotopic (exact) mass is 497 g/mol. The molecular formula is C20H17ClFN3O5S2. The van der Waals surface area contributed by atoms with Gasteiger partial charge in [-0.05, 0) is 67.7 Å². The van der Waals surface area contributed by atoms with Gasteiger partial charge < -0.3 is 5.32 Å². The van der Waals surface area contributed by atoms with Gasteiger partial charge in [0, 0.05) is 16.4 Å². The maximum absolute atomic E-state index is 14.2. The van der Waals surface area contributed by atoms with Crippen molar-refractivity contribution in [1.82, 2.24) is 4.72 Å². The molecule has 3 rings (SSSR count). The Balaban J connectivity index is 1.85. The average molecular weight is 498 g/mol. The Kier molecular flexibility index (Phi) is 6.84. The third-order valence-corrected chi connectivity index (χ3v) is 7.30. The van der Waals surface area contributed by atoms with Gasteiger partial charge in [-0.3, -0.25) is 9.52 Å². The summed E-state index contributed by atoms with van der Waals surface area (Å²) in [7, 11) is -6.70. The molecule has 0 unspecified atom stereocenters. The molecule has 0 spiro atoms. The smallest absolute Gasteiger partial charge is 0.261 e. The van der Waals surface area contributed by atoms with Crippen molar-refractivity contribution in [1.29, 1.82) is 0 Å². The number of anilines is 2. The van der Waals surface area contributed by atoms with Crippen molar-refractivity contribution in [2.45, 2.75) is 9.79 Å². The molecule has 168 valence electrons. The predicted octanol–water partition coefficient (Wildman–Crippen LogP) is 3.44. The molecule has 0 bridgehead atoms. The van der Waals surface area contributed by atoms with E-state index >= 15 is 0 Å². The number of sulfonamides is 2. The van der Waals surface area contributed by atoms with E-state index in [0.717, 1.165) is 18.2 Å². The van der Waals surface area contributed by atoms with Crippen LogP contribution in [0.15, 0.2) is 76.5 Å². The van der Waals surface area contributed by atoms with Crippen LogP contribution in [0.1, 0.15) is 10.4 Å². The normalized spacial score (nSPS) is 11.7.